The van der Waals surface area contributed by atoms with E-state index >= 15 is 0 Å². The number of benzene rings is 1. The lowest BCUT2D eigenvalue weighted by molar-refractivity contribution is 0.103. The highest BCUT2D eigenvalue weighted by Gasteiger charge is 2.18. The maximum atomic E-state index is 12.7. The number of nitrogens with zero attached hydrogens (tertiary/aromatic N) is 1. The van der Waals surface area contributed by atoms with Gasteiger partial charge in [0.05, 0.1) is 5.69 Å². The van der Waals surface area contributed by atoms with E-state index in [0.717, 1.165) is 33.6 Å². The number of aromatic nitrogens is 1. The molecule has 2 aromatic heterocycles. The van der Waals surface area contributed by atoms with E-state index < -0.39 is 0 Å². The van der Waals surface area contributed by atoms with Gasteiger partial charge in [-0.3, -0.25) is 4.79 Å². The largest absolute Gasteiger partial charge is 0.397 e. The number of carbonyl (C=O) groups excluding carboxylic acids is 1. The minimum Gasteiger partial charge on any atom is -0.397 e. The predicted octanol–water partition coefficient (Wildman–Crippen LogP) is 4.95. The highest BCUT2D eigenvalue weighted by molar-refractivity contribution is 7.21. The second kappa shape index (κ2) is 6.84. The molecule has 0 unspecified atom stereocenters. The van der Waals surface area contributed by atoms with E-state index in [-0.39, 0.29) is 5.91 Å². The summed E-state index contributed by atoms with van der Waals surface area (Å²) in [6, 6.07) is 9.92. The van der Waals surface area contributed by atoms with E-state index in [4.69, 9.17) is 5.73 Å². The van der Waals surface area contributed by atoms with Gasteiger partial charge < -0.3 is 11.1 Å². The molecule has 0 aliphatic carbocycles. The first-order valence-electron chi connectivity index (χ1n) is 8.41. The van der Waals surface area contributed by atoms with Crippen molar-refractivity contribution in [2.24, 2.45) is 5.92 Å². The van der Waals surface area contributed by atoms with Crippen LogP contribution in [0.25, 0.3) is 10.2 Å². The van der Waals surface area contributed by atoms with Crippen LogP contribution in [0.3, 0.4) is 0 Å². The van der Waals surface area contributed by atoms with Gasteiger partial charge in [0.25, 0.3) is 5.91 Å². The van der Waals surface area contributed by atoms with Crippen molar-refractivity contribution in [1.29, 1.82) is 0 Å². The summed E-state index contributed by atoms with van der Waals surface area (Å²) in [7, 11) is 0. The molecular formula is C20H23N3OS. The summed E-state index contributed by atoms with van der Waals surface area (Å²) in [5.41, 5.74) is 10.8. The molecule has 1 aromatic carbocycles. The van der Waals surface area contributed by atoms with Crippen LogP contribution in [-0.4, -0.2) is 10.9 Å². The highest BCUT2D eigenvalue weighted by atomic mass is 32.1. The zero-order valence-electron chi connectivity index (χ0n) is 15.0. The topological polar surface area (TPSA) is 68.0 Å². The smallest absolute Gasteiger partial charge is 0.267 e. The molecule has 0 saturated heterocycles. The third-order valence-electron chi connectivity index (χ3n) is 4.11. The van der Waals surface area contributed by atoms with Crippen molar-refractivity contribution in [1.82, 2.24) is 4.98 Å². The average Bonchev–Trinajstić information content (AvgIpc) is 2.86. The molecule has 5 heteroatoms. The molecule has 3 aromatic rings. The molecule has 0 aliphatic heterocycles. The monoisotopic (exact) mass is 353 g/mol. The number of fused-ring (bicyclic) bond motifs is 1. The number of aryl methyl sites for hydroxylation is 2. The van der Waals surface area contributed by atoms with E-state index in [0.29, 0.717) is 16.5 Å². The number of hydrogen-bond donors (Lipinski definition) is 2. The van der Waals surface area contributed by atoms with Gasteiger partial charge in [-0.1, -0.05) is 31.5 Å². The van der Waals surface area contributed by atoms with Gasteiger partial charge in [-0.2, -0.15) is 0 Å². The molecule has 3 N–H and O–H groups in total. The number of hydrogen-bond acceptors (Lipinski definition) is 4. The lowest BCUT2D eigenvalue weighted by atomic mass is 10.1. The van der Waals surface area contributed by atoms with Crippen molar-refractivity contribution in [3.8, 4) is 0 Å². The van der Waals surface area contributed by atoms with E-state index in [9.17, 15) is 4.79 Å². The van der Waals surface area contributed by atoms with E-state index in [2.05, 4.69) is 24.1 Å². The van der Waals surface area contributed by atoms with Crippen molar-refractivity contribution in [2.45, 2.75) is 34.1 Å². The SMILES string of the molecule is Cc1ccc(NC(=O)c2sc3nc(CC(C)C)ccc3c2N)c(C)c1. The zero-order valence-corrected chi connectivity index (χ0v) is 15.8. The van der Waals surface area contributed by atoms with Gasteiger partial charge >= 0.3 is 0 Å². The molecule has 0 aliphatic rings. The van der Waals surface area contributed by atoms with Crippen LogP contribution < -0.4 is 11.1 Å². The van der Waals surface area contributed by atoms with Crippen molar-refractivity contribution >= 4 is 38.8 Å². The Balaban J connectivity index is 1.92. The van der Waals surface area contributed by atoms with Gasteiger partial charge in [0.2, 0.25) is 0 Å². The molecule has 4 nitrogen and oxygen atoms in total. The van der Waals surface area contributed by atoms with Gasteiger partial charge in [-0.05, 0) is 49.9 Å². The number of anilines is 2. The lowest BCUT2D eigenvalue weighted by Gasteiger charge is -2.08. The molecule has 0 radical (unpaired) electrons. The number of rotatable bonds is 4. The third kappa shape index (κ3) is 3.66. The molecule has 25 heavy (non-hydrogen) atoms. The van der Waals surface area contributed by atoms with Gasteiger partial charge in [-0.25, -0.2) is 4.98 Å². The number of carbonyl (C=O) groups is 1. The number of amides is 1. The van der Waals surface area contributed by atoms with E-state index in [1.807, 2.05) is 44.2 Å². The summed E-state index contributed by atoms with van der Waals surface area (Å²) in [6.07, 6.45) is 0.915. The Bertz CT molecular complexity index is 944. The normalized spacial score (nSPS) is 11.2. The van der Waals surface area contributed by atoms with Crippen molar-refractivity contribution in [3.05, 3.63) is 52.0 Å². The Labute approximate surface area is 152 Å². The van der Waals surface area contributed by atoms with Gasteiger partial charge in [0, 0.05) is 16.8 Å². The maximum absolute atomic E-state index is 12.7. The van der Waals surface area contributed by atoms with Gasteiger partial charge in [0.15, 0.2) is 0 Å². The zero-order chi connectivity index (χ0) is 18.1. The number of nitrogen functional groups attached to an aromatic ring is 1. The number of pyridine rings is 1. The molecule has 0 bridgehead atoms. The van der Waals surface area contributed by atoms with Crippen LogP contribution in [-0.2, 0) is 6.42 Å². The molecule has 0 fully saturated rings. The quantitative estimate of drug-likeness (QED) is 0.697. The summed E-state index contributed by atoms with van der Waals surface area (Å²) in [5, 5.41) is 3.82. The van der Waals surface area contributed by atoms with Crippen LogP contribution in [0, 0.1) is 19.8 Å². The summed E-state index contributed by atoms with van der Waals surface area (Å²) < 4.78 is 0. The second-order valence-corrected chi connectivity index (χ2v) is 7.87. The molecule has 2 heterocycles. The van der Waals surface area contributed by atoms with Gasteiger partial charge in [0.1, 0.15) is 9.71 Å². The Hall–Kier alpha value is -2.40. The molecule has 0 atom stereocenters. The lowest BCUT2D eigenvalue weighted by Crippen LogP contribution is -2.12. The highest BCUT2D eigenvalue weighted by Crippen LogP contribution is 2.33. The fourth-order valence-corrected chi connectivity index (χ4v) is 3.88. The van der Waals surface area contributed by atoms with Crippen LogP contribution in [0.1, 0.15) is 40.3 Å². The van der Waals surface area contributed by atoms with Crippen molar-refractivity contribution in [2.75, 3.05) is 11.1 Å². The van der Waals surface area contributed by atoms with Crippen LogP contribution >= 0.6 is 11.3 Å². The molecule has 130 valence electrons. The number of thiophene rings is 1. The minimum absolute atomic E-state index is 0.183. The molecule has 0 spiro atoms. The fraction of sp³-hybridized carbons (Fsp3) is 0.300. The van der Waals surface area contributed by atoms with Crippen LogP contribution in [0.5, 0.6) is 0 Å². The van der Waals surface area contributed by atoms with E-state index in [1.165, 1.54) is 16.9 Å². The van der Waals surface area contributed by atoms with Crippen LogP contribution in [0.4, 0.5) is 11.4 Å². The summed E-state index contributed by atoms with van der Waals surface area (Å²) in [6.45, 7) is 8.34. The molecule has 3 rings (SSSR count). The summed E-state index contributed by atoms with van der Waals surface area (Å²) in [5.74, 6) is 0.354. The predicted molar refractivity (Wildman–Crippen MR) is 106 cm³/mol. The Morgan fingerprint density at radius 3 is 2.68 bits per heavy atom. The molecular weight excluding hydrogens is 330 g/mol. The van der Waals surface area contributed by atoms with E-state index in [1.54, 1.807) is 0 Å². The average molecular weight is 353 g/mol. The Morgan fingerprint density at radius 1 is 1.24 bits per heavy atom. The first kappa shape index (κ1) is 17.4. The van der Waals surface area contributed by atoms with Crippen molar-refractivity contribution < 1.29 is 4.79 Å². The third-order valence-corrected chi connectivity index (χ3v) is 5.22. The maximum Gasteiger partial charge on any atom is 0.267 e. The Morgan fingerprint density at radius 2 is 2.00 bits per heavy atom. The number of nitrogens with one attached hydrogen (secondary N) is 1. The standard InChI is InChI=1S/C20H23N3OS/c1-11(2)9-14-6-7-15-17(21)18(25-20(15)22-14)19(24)23-16-8-5-12(3)10-13(16)4/h5-8,10-11H,9,21H2,1-4H3,(H,23,24). The van der Waals surface area contributed by atoms with Crippen LogP contribution in [0.15, 0.2) is 30.3 Å². The summed E-state index contributed by atoms with van der Waals surface area (Å²) >= 11 is 1.35. The second-order valence-electron chi connectivity index (χ2n) is 6.87. The van der Waals surface area contributed by atoms with Gasteiger partial charge in [-0.15, -0.1) is 11.3 Å². The first-order chi connectivity index (χ1) is 11.8. The van der Waals surface area contributed by atoms with Crippen LogP contribution in [0.2, 0.25) is 0 Å². The summed E-state index contributed by atoms with van der Waals surface area (Å²) in [4.78, 5) is 18.7. The van der Waals surface area contributed by atoms with Crippen molar-refractivity contribution in [3.63, 3.8) is 0 Å². The first-order valence-corrected chi connectivity index (χ1v) is 9.23. The molecule has 0 saturated carbocycles. The minimum atomic E-state index is -0.183. The Kier molecular flexibility index (Phi) is 4.77. The molecule has 1 amide bonds. The number of nitrogens with two attached hydrogens (primary N) is 1. The fourth-order valence-electron chi connectivity index (χ4n) is 2.87.